The first-order chi connectivity index (χ1) is 18.6. The van der Waals surface area contributed by atoms with Crippen molar-refractivity contribution in [2.75, 3.05) is 0 Å². The Morgan fingerprint density at radius 2 is 1.31 bits per heavy atom. The number of rotatable bonds is 6. The summed E-state index contributed by atoms with van der Waals surface area (Å²) >= 11 is 0. The Morgan fingerprint density at radius 3 is 1.83 bits per heavy atom. The van der Waals surface area contributed by atoms with E-state index in [4.69, 9.17) is 5.73 Å². The number of fused-ring (bicyclic) bond motifs is 2. The monoisotopic (exact) mass is 714 g/mol. The number of aliphatic hydroxyl groups is 1. The van der Waals surface area contributed by atoms with E-state index in [1.54, 1.807) is 0 Å². The van der Waals surface area contributed by atoms with Gasteiger partial charge in [-0.1, -0.05) is 12.1 Å². The number of phenols is 1. The Bertz CT molecular complexity index is 2130. The summed E-state index contributed by atoms with van der Waals surface area (Å²) in [6.45, 7) is 0. The normalized spacial score (nSPS) is 20.0. The number of aromatic hydroxyl groups is 1. The molecule has 42 heavy (non-hydrogen) atoms. The van der Waals surface area contributed by atoms with E-state index in [1.165, 1.54) is 0 Å². The van der Waals surface area contributed by atoms with Gasteiger partial charge in [0.2, 0.25) is 0 Å². The van der Waals surface area contributed by atoms with Crippen molar-refractivity contribution < 1.29 is 79.2 Å². The first kappa shape index (κ1) is 33.3. The second kappa shape index (κ2) is 10.8. The molecule has 2 aromatic carbocycles. The van der Waals surface area contributed by atoms with Crippen molar-refractivity contribution in [2.45, 2.75) is 9.79 Å². The van der Waals surface area contributed by atoms with Crippen LogP contribution in [0.5, 0.6) is 5.75 Å². The SMILES string of the molecule is NC1=CC2C(S(=O)(=O)O)=CC(N=Nc3c(O)cc(S(=O)(=O)O)c4ccc(S(=O)(=O)O)cc34)=C(O)C2C(S(=O)(=O)O)=C1.[Cu]. The number of hydrogen-bond donors (Lipinski definition) is 7. The van der Waals surface area contributed by atoms with Gasteiger partial charge in [0.05, 0.1) is 20.6 Å². The van der Waals surface area contributed by atoms with Crippen LogP contribution in [0.15, 0.2) is 89.5 Å². The third-order valence-electron chi connectivity index (χ3n) is 5.96. The maximum atomic E-state index is 12.1. The Hall–Kier alpha value is -3.18. The smallest absolute Gasteiger partial charge is 0.295 e. The molecule has 0 aliphatic heterocycles. The van der Waals surface area contributed by atoms with Crippen LogP contribution >= 0.6 is 0 Å². The summed E-state index contributed by atoms with van der Waals surface area (Å²) < 4.78 is 134. The number of nitrogens with two attached hydrogens (primary N) is 1. The minimum absolute atomic E-state index is 0. The summed E-state index contributed by atoms with van der Waals surface area (Å²) in [4.78, 5) is -3.61. The third kappa shape index (κ3) is 6.27. The second-order valence-electron chi connectivity index (χ2n) is 8.58. The van der Waals surface area contributed by atoms with E-state index in [9.17, 15) is 62.1 Å². The van der Waals surface area contributed by atoms with Crippen LogP contribution in [0, 0.1) is 11.8 Å². The van der Waals surface area contributed by atoms with Crippen LogP contribution in [0.3, 0.4) is 0 Å². The first-order valence-electron chi connectivity index (χ1n) is 10.6. The van der Waals surface area contributed by atoms with Gasteiger partial charge in [0.1, 0.15) is 27.8 Å². The number of allylic oxidation sites excluding steroid dienone is 5. The van der Waals surface area contributed by atoms with E-state index in [0.717, 1.165) is 24.3 Å². The van der Waals surface area contributed by atoms with Crippen molar-refractivity contribution in [3.8, 4) is 5.75 Å². The van der Waals surface area contributed by atoms with Crippen LogP contribution in [-0.4, -0.2) is 62.1 Å². The molecule has 8 N–H and O–H groups in total. The van der Waals surface area contributed by atoms with Crippen LogP contribution in [0.4, 0.5) is 5.69 Å². The topological polar surface area (TPSA) is 309 Å². The van der Waals surface area contributed by atoms with Gasteiger partial charge in [0.15, 0.2) is 0 Å². The molecule has 0 saturated heterocycles. The van der Waals surface area contributed by atoms with Crippen molar-refractivity contribution in [3.63, 3.8) is 0 Å². The molecule has 1 radical (unpaired) electrons. The van der Waals surface area contributed by atoms with Crippen molar-refractivity contribution >= 4 is 56.9 Å². The van der Waals surface area contributed by atoms with Crippen LogP contribution in [-0.2, 0) is 57.5 Å². The quantitative estimate of drug-likeness (QED) is 0.127. The zero-order valence-corrected chi connectivity index (χ0v) is 24.3. The maximum absolute atomic E-state index is 12.1. The van der Waals surface area contributed by atoms with Crippen molar-refractivity contribution in [1.29, 1.82) is 0 Å². The molecule has 0 aromatic heterocycles. The molecule has 2 aromatic rings. The first-order valence-corrected chi connectivity index (χ1v) is 16.3. The van der Waals surface area contributed by atoms with Gasteiger partial charge in [0.25, 0.3) is 40.5 Å². The molecule has 2 atom stereocenters. The van der Waals surface area contributed by atoms with Gasteiger partial charge >= 0.3 is 0 Å². The molecular formula is C20H17CuN3O14S4. The predicted molar refractivity (Wildman–Crippen MR) is 138 cm³/mol. The van der Waals surface area contributed by atoms with Gasteiger partial charge in [-0.15, -0.1) is 10.2 Å². The third-order valence-corrected chi connectivity index (χ3v) is 9.66. The maximum Gasteiger partial charge on any atom is 0.295 e. The second-order valence-corrected chi connectivity index (χ2v) is 14.2. The standard InChI is InChI=1S/C20H17N3O14S4.Cu/c21-8-3-12-15(39(29,30)31)6-13(20(25)18(12)17(4-8)41(35,36)37)22-23-19-11-5-9(38(26,27)28)1-2-10(11)16(7-14(19)24)40(32,33)34;/h1-7,12,18,24-25H,21H2,(H,26,27,28)(H,29,30,31)(H,32,33,34)(H,35,36,37);. The molecule has 2 aliphatic rings. The number of nitrogens with zero attached hydrogens (tertiary/aromatic N) is 2. The summed E-state index contributed by atoms with van der Waals surface area (Å²) in [6, 6.07) is 2.79. The van der Waals surface area contributed by atoms with E-state index in [1.807, 2.05) is 0 Å². The zero-order valence-electron chi connectivity index (χ0n) is 20.1. The van der Waals surface area contributed by atoms with E-state index in [0.29, 0.717) is 18.2 Å². The number of azo groups is 1. The van der Waals surface area contributed by atoms with E-state index < -0.39 is 106 Å². The Balaban J connectivity index is 0.00000484. The fourth-order valence-corrected chi connectivity index (χ4v) is 7.18. The van der Waals surface area contributed by atoms with Crippen molar-refractivity contribution in [1.82, 2.24) is 0 Å². The molecule has 0 fully saturated rings. The largest absolute Gasteiger partial charge is 0.509 e. The van der Waals surface area contributed by atoms with E-state index in [2.05, 4.69) is 10.2 Å². The van der Waals surface area contributed by atoms with E-state index in [-0.39, 0.29) is 22.8 Å². The predicted octanol–water partition coefficient (Wildman–Crippen LogP) is 1.54. The molecule has 0 heterocycles. The Morgan fingerprint density at radius 1 is 0.714 bits per heavy atom. The van der Waals surface area contributed by atoms with Gasteiger partial charge in [0, 0.05) is 45.5 Å². The molecule has 0 saturated carbocycles. The average Bonchev–Trinajstić information content (AvgIpc) is 2.80. The number of aliphatic hydroxyl groups excluding tert-OH is 1. The molecule has 2 aliphatic carbocycles. The van der Waals surface area contributed by atoms with Gasteiger partial charge in [-0.2, -0.15) is 33.7 Å². The molecular weight excluding hydrogens is 698 g/mol. The Labute approximate surface area is 247 Å². The van der Waals surface area contributed by atoms with Gasteiger partial charge in [-0.25, -0.2) is 0 Å². The summed E-state index contributed by atoms with van der Waals surface area (Å²) in [5, 5.41) is 27.6. The number of benzene rings is 2. The Kier molecular flexibility index (Phi) is 8.59. The molecule has 17 nitrogen and oxygen atoms in total. The zero-order chi connectivity index (χ0) is 30.9. The van der Waals surface area contributed by atoms with Crippen LogP contribution in [0.1, 0.15) is 0 Å². The molecule has 231 valence electrons. The molecule has 0 amide bonds. The summed E-state index contributed by atoms with van der Waals surface area (Å²) in [7, 11) is -20.2. The van der Waals surface area contributed by atoms with Crippen LogP contribution < -0.4 is 5.73 Å². The molecule has 22 heteroatoms. The van der Waals surface area contributed by atoms with Crippen molar-refractivity contribution in [3.05, 3.63) is 69.5 Å². The van der Waals surface area contributed by atoms with Crippen LogP contribution in [0.25, 0.3) is 10.8 Å². The summed E-state index contributed by atoms with van der Waals surface area (Å²) in [5.41, 5.74) is 3.73. The van der Waals surface area contributed by atoms with E-state index >= 15 is 0 Å². The van der Waals surface area contributed by atoms with Gasteiger partial charge < -0.3 is 15.9 Å². The molecule has 2 unspecified atom stereocenters. The fraction of sp³-hybridized carbons (Fsp3) is 0.100. The van der Waals surface area contributed by atoms with Crippen molar-refractivity contribution in [2.24, 2.45) is 27.8 Å². The van der Waals surface area contributed by atoms with Crippen LogP contribution in [0.2, 0.25) is 0 Å². The minimum atomic E-state index is -5.14. The van der Waals surface area contributed by atoms with Gasteiger partial charge in [-0.05, 0) is 24.3 Å². The summed E-state index contributed by atoms with van der Waals surface area (Å²) in [5.74, 6) is -5.56. The average molecular weight is 715 g/mol. The van der Waals surface area contributed by atoms with Gasteiger partial charge in [-0.3, -0.25) is 18.2 Å². The molecule has 4 rings (SSSR count). The number of hydrogen-bond acceptors (Lipinski definition) is 13. The summed E-state index contributed by atoms with van der Waals surface area (Å²) in [6.07, 6.45) is 2.27. The molecule has 0 bridgehead atoms. The fourth-order valence-electron chi connectivity index (χ4n) is 4.28. The number of phenolic OH excluding ortho intramolecular Hbond substituents is 1. The molecule has 0 spiro atoms. The minimum Gasteiger partial charge on any atom is -0.509 e.